The number of likely N-dealkylation sites (tertiary alicyclic amines) is 1. The summed E-state index contributed by atoms with van der Waals surface area (Å²) in [6.45, 7) is 1.77. The van der Waals surface area contributed by atoms with Crippen LogP contribution in [-0.2, 0) is 4.79 Å². The van der Waals surface area contributed by atoms with E-state index in [4.69, 9.17) is 27.9 Å². The maximum atomic E-state index is 12.6. The van der Waals surface area contributed by atoms with E-state index in [9.17, 15) is 9.59 Å². The maximum Gasteiger partial charge on any atom is 0.257 e. The van der Waals surface area contributed by atoms with Crippen LogP contribution in [-0.4, -0.2) is 54.4 Å². The number of nitrogens with one attached hydrogen (secondary N) is 2. The van der Waals surface area contributed by atoms with E-state index < -0.39 is 5.91 Å². The van der Waals surface area contributed by atoms with Gasteiger partial charge in [-0.2, -0.15) is 0 Å². The third-order valence-corrected chi connectivity index (χ3v) is 5.14. The van der Waals surface area contributed by atoms with Gasteiger partial charge >= 0.3 is 0 Å². The van der Waals surface area contributed by atoms with Gasteiger partial charge in [0, 0.05) is 17.3 Å². The number of amides is 2. The minimum atomic E-state index is -0.461. The lowest BCUT2D eigenvalue weighted by atomic mass is 10.1. The Morgan fingerprint density at radius 1 is 1.24 bits per heavy atom. The second kappa shape index (κ2) is 9.91. The number of ether oxygens (including phenoxy) is 1. The summed E-state index contributed by atoms with van der Waals surface area (Å²) < 4.78 is 5.69. The Balaban J connectivity index is 1.59. The lowest BCUT2D eigenvalue weighted by Gasteiger charge is -2.29. The predicted molar refractivity (Wildman–Crippen MR) is 112 cm³/mol. The Morgan fingerprint density at radius 2 is 2.00 bits per heavy atom. The molecule has 1 aromatic carbocycles. The first-order valence-corrected chi connectivity index (χ1v) is 10.0. The standard InChI is InChI=1S/C20H22Cl2N4O3/c1-26-9-6-14(7-10-26)25-18(27)12-24-19(28)15-3-2-8-23-20(15)29-17-5-4-13(21)11-16(17)22/h2-5,8,11,14H,6-7,9-10,12H2,1H3,(H,24,28)(H,25,27). The number of halogens is 2. The van der Waals surface area contributed by atoms with Gasteiger partial charge in [-0.1, -0.05) is 23.2 Å². The van der Waals surface area contributed by atoms with Crippen LogP contribution in [0.15, 0.2) is 36.5 Å². The molecule has 2 amide bonds. The Labute approximate surface area is 179 Å². The number of rotatable bonds is 6. The van der Waals surface area contributed by atoms with Crippen molar-refractivity contribution >= 4 is 35.0 Å². The average Bonchev–Trinajstić information content (AvgIpc) is 2.70. The van der Waals surface area contributed by atoms with Crippen LogP contribution in [0.2, 0.25) is 10.0 Å². The molecular weight excluding hydrogens is 415 g/mol. The normalized spacial score (nSPS) is 15.0. The first kappa shape index (κ1) is 21.4. The van der Waals surface area contributed by atoms with Crippen LogP contribution in [0, 0.1) is 0 Å². The number of hydrogen-bond acceptors (Lipinski definition) is 5. The van der Waals surface area contributed by atoms with Crippen molar-refractivity contribution in [3.05, 3.63) is 52.1 Å². The maximum absolute atomic E-state index is 12.6. The Bertz CT molecular complexity index is 886. The van der Waals surface area contributed by atoms with Crippen molar-refractivity contribution in [2.45, 2.75) is 18.9 Å². The molecule has 154 valence electrons. The fraction of sp³-hybridized carbons (Fsp3) is 0.350. The molecule has 0 spiro atoms. The minimum absolute atomic E-state index is 0.0879. The number of pyridine rings is 1. The van der Waals surface area contributed by atoms with Gasteiger partial charge in [0.1, 0.15) is 11.3 Å². The average molecular weight is 437 g/mol. The molecular formula is C20H22Cl2N4O3. The molecule has 0 atom stereocenters. The topological polar surface area (TPSA) is 83.6 Å². The highest BCUT2D eigenvalue weighted by molar-refractivity contribution is 6.35. The summed E-state index contributed by atoms with van der Waals surface area (Å²) in [6, 6.07) is 8.07. The van der Waals surface area contributed by atoms with Gasteiger partial charge in [0.05, 0.1) is 11.6 Å². The second-order valence-electron chi connectivity index (χ2n) is 6.86. The van der Waals surface area contributed by atoms with E-state index in [0.717, 1.165) is 25.9 Å². The Hall–Kier alpha value is -2.35. The molecule has 0 unspecified atom stereocenters. The van der Waals surface area contributed by atoms with Crippen LogP contribution in [0.4, 0.5) is 0 Å². The molecule has 0 saturated carbocycles. The molecule has 29 heavy (non-hydrogen) atoms. The van der Waals surface area contributed by atoms with Crippen molar-refractivity contribution in [3.63, 3.8) is 0 Å². The molecule has 1 saturated heterocycles. The van der Waals surface area contributed by atoms with Gasteiger partial charge in [-0.05, 0) is 63.3 Å². The molecule has 1 aromatic heterocycles. The van der Waals surface area contributed by atoms with E-state index in [2.05, 4.69) is 27.6 Å². The van der Waals surface area contributed by atoms with Crippen LogP contribution in [0.3, 0.4) is 0 Å². The lowest BCUT2D eigenvalue weighted by Crippen LogP contribution is -2.46. The minimum Gasteiger partial charge on any atom is -0.437 e. The van der Waals surface area contributed by atoms with E-state index in [0.29, 0.717) is 15.8 Å². The lowest BCUT2D eigenvalue weighted by molar-refractivity contribution is -0.121. The van der Waals surface area contributed by atoms with Gasteiger partial charge < -0.3 is 20.3 Å². The zero-order chi connectivity index (χ0) is 20.8. The van der Waals surface area contributed by atoms with Gasteiger partial charge in [0.25, 0.3) is 5.91 Å². The fourth-order valence-corrected chi connectivity index (χ4v) is 3.44. The molecule has 3 rings (SSSR count). The summed E-state index contributed by atoms with van der Waals surface area (Å²) in [4.78, 5) is 31.1. The SMILES string of the molecule is CN1CCC(NC(=O)CNC(=O)c2cccnc2Oc2ccc(Cl)cc2Cl)CC1. The number of carbonyl (C=O) groups excluding carboxylic acids is 2. The van der Waals surface area contributed by atoms with E-state index >= 15 is 0 Å². The molecule has 2 heterocycles. The van der Waals surface area contributed by atoms with Crippen LogP contribution in [0.5, 0.6) is 11.6 Å². The summed E-state index contributed by atoms with van der Waals surface area (Å²) in [7, 11) is 2.06. The first-order valence-electron chi connectivity index (χ1n) is 9.26. The van der Waals surface area contributed by atoms with Gasteiger partial charge in [0.2, 0.25) is 11.8 Å². The van der Waals surface area contributed by atoms with Crippen molar-refractivity contribution in [1.82, 2.24) is 20.5 Å². The number of piperidine rings is 1. The monoisotopic (exact) mass is 436 g/mol. The number of nitrogens with zero attached hydrogens (tertiary/aromatic N) is 2. The van der Waals surface area contributed by atoms with Crippen LogP contribution in [0.1, 0.15) is 23.2 Å². The Morgan fingerprint density at radius 3 is 2.72 bits per heavy atom. The summed E-state index contributed by atoms with van der Waals surface area (Å²) in [5.41, 5.74) is 0.200. The van der Waals surface area contributed by atoms with Crippen LogP contribution >= 0.6 is 23.2 Å². The first-order chi connectivity index (χ1) is 13.9. The summed E-state index contributed by atoms with van der Waals surface area (Å²) >= 11 is 12.0. The van der Waals surface area contributed by atoms with Crippen molar-refractivity contribution in [2.75, 3.05) is 26.7 Å². The number of hydrogen-bond donors (Lipinski definition) is 2. The van der Waals surface area contributed by atoms with Crippen molar-refractivity contribution in [3.8, 4) is 11.6 Å². The van der Waals surface area contributed by atoms with Crippen molar-refractivity contribution in [1.29, 1.82) is 0 Å². The Kier molecular flexibility index (Phi) is 7.30. The summed E-state index contributed by atoms with van der Waals surface area (Å²) in [5, 5.41) is 6.34. The zero-order valence-corrected chi connectivity index (χ0v) is 17.5. The quantitative estimate of drug-likeness (QED) is 0.726. The van der Waals surface area contributed by atoms with E-state index in [1.54, 1.807) is 24.3 Å². The molecule has 1 fully saturated rings. The van der Waals surface area contributed by atoms with E-state index in [1.807, 2.05) is 0 Å². The van der Waals surface area contributed by atoms with Gasteiger partial charge in [-0.15, -0.1) is 0 Å². The molecule has 0 bridgehead atoms. The highest BCUT2D eigenvalue weighted by Crippen LogP contribution is 2.32. The third kappa shape index (κ3) is 6.06. The highest BCUT2D eigenvalue weighted by atomic mass is 35.5. The van der Waals surface area contributed by atoms with E-state index in [1.165, 1.54) is 12.3 Å². The van der Waals surface area contributed by atoms with Crippen molar-refractivity contribution in [2.24, 2.45) is 0 Å². The van der Waals surface area contributed by atoms with Crippen LogP contribution in [0.25, 0.3) is 0 Å². The highest BCUT2D eigenvalue weighted by Gasteiger charge is 2.20. The fourth-order valence-electron chi connectivity index (χ4n) is 2.99. The predicted octanol–water partition coefficient (Wildman–Crippen LogP) is 3.12. The number of carbonyl (C=O) groups is 2. The number of benzene rings is 1. The molecule has 1 aliphatic rings. The zero-order valence-electron chi connectivity index (χ0n) is 16.0. The third-order valence-electron chi connectivity index (χ3n) is 4.61. The molecule has 2 aromatic rings. The molecule has 2 N–H and O–H groups in total. The van der Waals surface area contributed by atoms with Crippen LogP contribution < -0.4 is 15.4 Å². The molecule has 0 radical (unpaired) electrons. The number of aromatic nitrogens is 1. The second-order valence-corrected chi connectivity index (χ2v) is 7.70. The van der Waals surface area contributed by atoms with Crippen molar-refractivity contribution < 1.29 is 14.3 Å². The molecule has 9 heteroatoms. The van der Waals surface area contributed by atoms with E-state index in [-0.39, 0.29) is 29.9 Å². The summed E-state index contributed by atoms with van der Waals surface area (Å²) in [6.07, 6.45) is 3.31. The van der Waals surface area contributed by atoms with Gasteiger partial charge in [-0.3, -0.25) is 9.59 Å². The smallest absolute Gasteiger partial charge is 0.257 e. The van der Waals surface area contributed by atoms with Gasteiger partial charge in [-0.25, -0.2) is 4.98 Å². The largest absolute Gasteiger partial charge is 0.437 e. The molecule has 0 aliphatic carbocycles. The summed E-state index contributed by atoms with van der Waals surface area (Å²) in [5.74, 6) is -0.273. The molecule has 1 aliphatic heterocycles. The van der Waals surface area contributed by atoms with Gasteiger partial charge in [0.15, 0.2) is 0 Å². The molecule has 7 nitrogen and oxygen atoms in total.